The van der Waals surface area contributed by atoms with Gasteiger partial charge in [0.15, 0.2) is 16.7 Å². The number of Topliss-reactive ketones (excluding diaryl/α,β-unsaturated/α-hetero) is 1. The van der Waals surface area contributed by atoms with Gasteiger partial charge in [-0.15, -0.1) is 0 Å². The number of aliphatic hydroxyl groups is 1. The van der Waals surface area contributed by atoms with Gasteiger partial charge in [0, 0.05) is 10.4 Å². The van der Waals surface area contributed by atoms with Crippen LogP contribution in [0.2, 0.25) is 5.02 Å². The Morgan fingerprint density at radius 3 is 2.78 bits per heavy atom. The molecule has 9 heteroatoms. The molecule has 184 valence electrons. The molecule has 0 saturated heterocycles. The van der Waals surface area contributed by atoms with Crippen LogP contribution < -0.4 is 9.64 Å². The molecular formula is C28H19ClN2O5S. The number of carbonyl (C=O) groups is 2. The van der Waals surface area contributed by atoms with Crippen molar-refractivity contribution in [2.45, 2.75) is 13.0 Å². The van der Waals surface area contributed by atoms with E-state index >= 15 is 0 Å². The number of anilines is 1. The fourth-order valence-electron chi connectivity index (χ4n) is 4.54. The third-order valence-corrected chi connectivity index (χ3v) is 7.56. The summed E-state index contributed by atoms with van der Waals surface area (Å²) in [5.74, 6) is -1.44. The number of hydrogen-bond acceptors (Lipinski definition) is 7. The smallest absolute Gasteiger partial charge is 0.296 e. The van der Waals surface area contributed by atoms with E-state index in [1.807, 2.05) is 25.1 Å². The highest BCUT2D eigenvalue weighted by Crippen LogP contribution is 2.45. The van der Waals surface area contributed by atoms with Crippen LogP contribution in [-0.4, -0.2) is 28.9 Å². The number of benzene rings is 3. The Labute approximate surface area is 220 Å². The highest BCUT2D eigenvalue weighted by Gasteiger charge is 2.46. The summed E-state index contributed by atoms with van der Waals surface area (Å²) in [5.41, 5.74) is 2.72. The Balaban J connectivity index is 1.52. The third kappa shape index (κ3) is 3.85. The normalized spacial score (nSPS) is 15.8. The molecule has 1 amide bonds. The molecule has 7 nitrogen and oxygen atoms in total. The number of methoxy groups -OCH3 is 1. The molecule has 0 saturated carbocycles. The molecule has 0 radical (unpaired) electrons. The summed E-state index contributed by atoms with van der Waals surface area (Å²) >= 11 is 7.41. The van der Waals surface area contributed by atoms with E-state index in [2.05, 4.69) is 4.98 Å². The van der Waals surface area contributed by atoms with E-state index in [1.165, 1.54) is 23.3 Å². The fourth-order valence-corrected chi connectivity index (χ4v) is 5.81. The van der Waals surface area contributed by atoms with Gasteiger partial charge in [-0.05, 0) is 66.6 Å². The number of nitrogens with zero attached hydrogens (tertiary/aromatic N) is 2. The first-order valence-corrected chi connectivity index (χ1v) is 12.5. The number of ether oxygens (including phenoxy) is 1. The van der Waals surface area contributed by atoms with Gasteiger partial charge in [0.25, 0.3) is 5.91 Å². The van der Waals surface area contributed by atoms with Crippen molar-refractivity contribution in [1.82, 2.24) is 4.98 Å². The standard InChI is InChI=1S/C28H19ClN2O5S/c1-14-6-8-19-22(10-14)37-28(30-19)31-24(15-4-3-5-18(12-15)35-2)23(26(33)27(31)34)25(32)21-13-16-11-17(29)7-9-20(16)36-21/h3-13,24,33H,1-2H3. The van der Waals surface area contributed by atoms with E-state index in [4.69, 9.17) is 20.8 Å². The first-order chi connectivity index (χ1) is 17.8. The Morgan fingerprint density at radius 2 is 1.97 bits per heavy atom. The van der Waals surface area contributed by atoms with E-state index in [9.17, 15) is 14.7 Å². The van der Waals surface area contributed by atoms with Crippen molar-refractivity contribution in [2.75, 3.05) is 12.0 Å². The van der Waals surface area contributed by atoms with Gasteiger partial charge in [-0.2, -0.15) is 0 Å². The Morgan fingerprint density at radius 1 is 1.14 bits per heavy atom. The number of ketones is 1. The number of aromatic nitrogens is 1. The van der Waals surface area contributed by atoms with Gasteiger partial charge in [-0.1, -0.05) is 41.1 Å². The highest BCUT2D eigenvalue weighted by molar-refractivity contribution is 7.22. The van der Waals surface area contributed by atoms with Crippen LogP contribution in [0.5, 0.6) is 5.75 Å². The number of fused-ring (bicyclic) bond motifs is 2. The van der Waals surface area contributed by atoms with Crippen molar-refractivity contribution in [3.8, 4) is 5.75 Å². The second-order valence-corrected chi connectivity index (χ2v) is 10.2. The Bertz CT molecular complexity index is 1770. The Kier molecular flexibility index (Phi) is 5.51. The van der Waals surface area contributed by atoms with Gasteiger partial charge in [0.2, 0.25) is 5.78 Å². The van der Waals surface area contributed by atoms with Crippen LogP contribution >= 0.6 is 22.9 Å². The molecule has 5 aromatic rings. The summed E-state index contributed by atoms with van der Waals surface area (Å²) in [6, 6.07) is 18.4. The van der Waals surface area contributed by atoms with Crippen LogP contribution in [0.1, 0.15) is 27.7 Å². The van der Waals surface area contributed by atoms with Crippen LogP contribution in [0.4, 0.5) is 5.13 Å². The minimum atomic E-state index is -0.950. The second kappa shape index (κ2) is 8.76. The lowest BCUT2D eigenvalue weighted by molar-refractivity contribution is -0.117. The molecule has 1 N–H and O–H groups in total. The van der Waals surface area contributed by atoms with Crippen molar-refractivity contribution in [2.24, 2.45) is 0 Å². The van der Waals surface area contributed by atoms with E-state index < -0.39 is 23.5 Å². The zero-order chi connectivity index (χ0) is 25.8. The van der Waals surface area contributed by atoms with E-state index in [1.54, 1.807) is 48.5 Å². The van der Waals surface area contributed by atoms with E-state index in [0.717, 1.165) is 15.8 Å². The zero-order valence-corrected chi connectivity index (χ0v) is 21.3. The van der Waals surface area contributed by atoms with Crippen molar-refractivity contribution in [3.63, 3.8) is 0 Å². The molecule has 0 fully saturated rings. The first kappa shape index (κ1) is 23.3. The van der Waals surface area contributed by atoms with Crippen LogP contribution in [0.25, 0.3) is 21.2 Å². The number of carbonyl (C=O) groups excluding carboxylic acids is 2. The second-order valence-electron chi connectivity index (χ2n) is 8.71. The summed E-state index contributed by atoms with van der Waals surface area (Å²) in [5, 5.41) is 12.6. The molecule has 37 heavy (non-hydrogen) atoms. The van der Waals surface area contributed by atoms with Gasteiger partial charge in [-0.3, -0.25) is 14.5 Å². The SMILES string of the molecule is COc1cccc(C2C(C(=O)c3cc4cc(Cl)ccc4o3)=C(O)C(=O)N2c2nc3ccc(C)cc3s2)c1. The monoisotopic (exact) mass is 530 g/mol. The molecule has 0 bridgehead atoms. The lowest BCUT2D eigenvalue weighted by Gasteiger charge is -2.24. The van der Waals surface area contributed by atoms with Crippen LogP contribution in [0.3, 0.4) is 0 Å². The van der Waals surface area contributed by atoms with Gasteiger partial charge in [0.1, 0.15) is 11.3 Å². The molecule has 0 aliphatic carbocycles. The molecule has 1 aliphatic rings. The van der Waals surface area contributed by atoms with Crippen molar-refractivity contribution in [3.05, 3.63) is 100.0 Å². The van der Waals surface area contributed by atoms with Gasteiger partial charge < -0.3 is 14.3 Å². The molecule has 3 aromatic carbocycles. The summed E-state index contributed by atoms with van der Waals surface area (Å²) in [6.45, 7) is 1.98. The molecule has 6 rings (SSSR count). The number of aryl methyl sites for hydroxylation is 1. The summed E-state index contributed by atoms with van der Waals surface area (Å²) in [6.07, 6.45) is 0. The lowest BCUT2D eigenvalue weighted by Crippen LogP contribution is -2.31. The zero-order valence-electron chi connectivity index (χ0n) is 19.7. The molecule has 2 aromatic heterocycles. The fraction of sp³-hybridized carbons (Fsp3) is 0.107. The molecule has 3 heterocycles. The lowest BCUT2D eigenvalue weighted by atomic mass is 9.95. The minimum Gasteiger partial charge on any atom is -0.503 e. The van der Waals surface area contributed by atoms with Crippen molar-refractivity contribution in [1.29, 1.82) is 0 Å². The molecule has 1 aliphatic heterocycles. The number of aliphatic hydroxyl groups excluding tert-OH is 1. The molecule has 1 atom stereocenters. The number of furan rings is 1. The first-order valence-electron chi connectivity index (χ1n) is 11.4. The predicted molar refractivity (Wildman–Crippen MR) is 143 cm³/mol. The third-order valence-electron chi connectivity index (χ3n) is 6.30. The highest BCUT2D eigenvalue weighted by atomic mass is 35.5. The largest absolute Gasteiger partial charge is 0.503 e. The van der Waals surface area contributed by atoms with Crippen molar-refractivity contribution >= 4 is 60.9 Å². The van der Waals surface area contributed by atoms with Crippen molar-refractivity contribution < 1.29 is 23.8 Å². The number of thiazole rings is 1. The predicted octanol–water partition coefficient (Wildman–Crippen LogP) is 6.80. The average Bonchev–Trinajstić information content (AvgIpc) is 3.57. The average molecular weight is 531 g/mol. The van der Waals surface area contributed by atoms with E-state index in [0.29, 0.717) is 32.4 Å². The Hall–Kier alpha value is -4.14. The summed E-state index contributed by atoms with van der Waals surface area (Å²) < 4.78 is 12.1. The van der Waals surface area contributed by atoms with Crippen LogP contribution in [0.15, 0.2) is 82.5 Å². The number of halogens is 1. The van der Waals surface area contributed by atoms with Gasteiger partial charge >= 0.3 is 0 Å². The molecular weight excluding hydrogens is 512 g/mol. The molecule has 1 unspecified atom stereocenters. The maximum atomic E-state index is 13.8. The minimum absolute atomic E-state index is 0.0127. The quantitative estimate of drug-likeness (QED) is 0.251. The maximum absolute atomic E-state index is 13.8. The summed E-state index contributed by atoms with van der Waals surface area (Å²) in [4.78, 5) is 33.3. The number of hydrogen-bond donors (Lipinski definition) is 1. The topological polar surface area (TPSA) is 92.9 Å². The van der Waals surface area contributed by atoms with Gasteiger partial charge in [0.05, 0.1) is 28.9 Å². The summed E-state index contributed by atoms with van der Waals surface area (Å²) in [7, 11) is 1.53. The van der Waals surface area contributed by atoms with Gasteiger partial charge in [-0.25, -0.2) is 4.98 Å². The number of amides is 1. The van der Waals surface area contributed by atoms with E-state index in [-0.39, 0.29) is 11.3 Å². The number of rotatable bonds is 5. The molecule has 0 spiro atoms. The van der Waals surface area contributed by atoms with Crippen LogP contribution in [-0.2, 0) is 4.79 Å². The maximum Gasteiger partial charge on any atom is 0.296 e. The van der Waals surface area contributed by atoms with Crippen LogP contribution in [0, 0.1) is 6.92 Å².